The number of anilines is 1. The predicted molar refractivity (Wildman–Crippen MR) is 139 cm³/mol. The number of phenolic OH excluding ortho intramolecular Hbond substituents is 2. The molecule has 180 valence electrons. The number of hydrogen-bond donors (Lipinski definition) is 3. The summed E-state index contributed by atoms with van der Waals surface area (Å²) < 4.78 is 4.61. The summed E-state index contributed by atoms with van der Waals surface area (Å²) in [5.41, 5.74) is 4.78. The minimum atomic E-state index is -0.662. The van der Waals surface area contributed by atoms with Crippen molar-refractivity contribution in [1.82, 2.24) is 13.7 Å². The van der Waals surface area contributed by atoms with E-state index in [-0.39, 0.29) is 11.5 Å². The zero-order chi connectivity index (χ0) is 25.3. The third-order valence-electron chi connectivity index (χ3n) is 7.08. The number of aryl methyl sites for hydroxylation is 2. The third kappa shape index (κ3) is 2.81. The van der Waals surface area contributed by atoms with Gasteiger partial charge in [0.05, 0.1) is 39.7 Å². The molecule has 8 heteroatoms. The van der Waals surface area contributed by atoms with Crippen molar-refractivity contribution < 1.29 is 10.2 Å². The largest absolute Gasteiger partial charge is 0.504 e. The summed E-state index contributed by atoms with van der Waals surface area (Å²) in [6.07, 6.45) is 0. The third-order valence-corrected chi connectivity index (χ3v) is 7.08. The van der Waals surface area contributed by atoms with E-state index in [9.17, 15) is 19.8 Å². The van der Waals surface area contributed by atoms with Crippen LogP contribution >= 0.6 is 0 Å². The molecule has 6 rings (SSSR count). The first-order valence-corrected chi connectivity index (χ1v) is 11.6. The van der Waals surface area contributed by atoms with Crippen LogP contribution in [-0.4, -0.2) is 23.9 Å². The summed E-state index contributed by atoms with van der Waals surface area (Å²) >= 11 is 0. The number of fused-ring (bicyclic) bond motifs is 5. The molecule has 5 aromatic rings. The van der Waals surface area contributed by atoms with E-state index in [0.717, 1.165) is 27.1 Å². The van der Waals surface area contributed by atoms with Crippen LogP contribution in [-0.2, 0) is 14.1 Å². The Bertz CT molecular complexity index is 1830. The van der Waals surface area contributed by atoms with Gasteiger partial charge in [0.1, 0.15) is 0 Å². The topological polar surface area (TPSA) is 101 Å². The van der Waals surface area contributed by atoms with Crippen LogP contribution in [0.15, 0.2) is 76.3 Å². The molecule has 3 heterocycles. The van der Waals surface area contributed by atoms with Crippen molar-refractivity contribution in [1.29, 1.82) is 0 Å². The lowest BCUT2D eigenvalue weighted by Gasteiger charge is -2.31. The standard InChI is InChI=1S/C28H24N4O4/c1-15-9-4-5-10-16(15)23-21-24(30(2)28(36)31(3)27(21)35)25-22(17-11-8-14-20(33)26(17)34)29-18-12-6-7-13-19(18)32(23)25/h4-14,22,29,33-34H,1-3H3/t22-/m0/s1. The van der Waals surface area contributed by atoms with Gasteiger partial charge in [-0.3, -0.25) is 13.9 Å². The van der Waals surface area contributed by atoms with Crippen LogP contribution in [0.2, 0.25) is 0 Å². The molecule has 0 aliphatic carbocycles. The van der Waals surface area contributed by atoms with Crippen molar-refractivity contribution in [2.75, 3.05) is 5.32 Å². The molecule has 1 aliphatic rings. The van der Waals surface area contributed by atoms with Crippen molar-refractivity contribution in [2.45, 2.75) is 13.0 Å². The van der Waals surface area contributed by atoms with Crippen LogP contribution in [0.25, 0.3) is 27.8 Å². The summed E-state index contributed by atoms with van der Waals surface area (Å²) in [6, 6.07) is 19.6. The first-order valence-electron chi connectivity index (χ1n) is 11.6. The van der Waals surface area contributed by atoms with E-state index in [0.29, 0.717) is 27.9 Å². The second-order valence-electron chi connectivity index (χ2n) is 9.12. The molecule has 0 saturated heterocycles. The molecule has 8 nitrogen and oxygen atoms in total. The van der Waals surface area contributed by atoms with Gasteiger partial charge >= 0.3 is 5.69 Å². The highest BCUT2D eigenvalue weighted by atomic mass is 16.3. The van der Waals surface area contributed by atoms with Crippen LogP contribution in [0.1, 0.15) is 22.9 Å². The van der Waals surface area contributed by atoms with Gasteiger partial charge in [-0.05, 0) is 30.7 Å². The number of phenols is 2. The van der Waals surface area contributed by atoms with E-state index < -0.39 is 17.3 Å². The monoisotopic (exact) mass is 480 g/mol. The fourth-order valence-electron chi connectivity index (χ4n) is 5.33. The summed E-state index contributed by atoms with van der Waals surface area (Å²) in [5, 5.41) is 25.0. The van der Waals surface area contributed by atoms with E-state index in [1.807, 2.05) is 60.0 Å². The Morgan fingerprint density at radius 3 is 2.36 bits per heavy atom. The quantitative estimate of drug-likeness (QED) is 0.333. The van der Waals surface area contributed by atoms with E-state index in [1.165, 1.54) is 17.7 Å². The molecule has 0 fully saturated rings. The zero-order valence-electron chi connectivity index (χ0n) is 20.0. The highest BCUT2D eigenvalue weighted by molar-refractivity contribution is 6.00. The Kier molecular flexibility index (Phi) is 4.63. The van der Waals surface area contributed by atoms with E-state index >= 15 is 0 Å². The summed E-state index contributed by atoms with van der Waals surface area (Å²) in [4.78, 5) is 26.8. The Morgan fingerprint density at radius 2 is 1.58 bits per heavy atom. The lowest BCUT2D eigenvalue weighted by Crippen LogP contribution is -2.37. The van der Waals surface area contributed by atoms with Crippen LogP contribution < -0.4 is 16.6 Å². The minimum absolute atomic E-state index is 0.250. The molecule has 1 atom stereocenters. The summed E-state index contributed by atoms with van der Waals surface area (Å²) in [6.45, 7) is 1.99. The molecule has 0 bridgehead atoms. The van der Waals surface area contributed by atoms with E-state index in [2.05, 4.69) is 5.32 Å². The van der Waals surface area contributed by atoms with Crippen LogP contribution in [0, 0.1) is 6.92 Å². The Hall–Kier alpha value is -4.72. The van der Waals surface area contributed by atoms with Gasteiger partial charge < -0.3 is 20.1 Å². The van der Waals surface area contributed by atoms with Gasteiger partial charge in [0.15, 0.2) is 11.5 Å². The van der Waals surface area contributed by atoms with Crippen molar-refractivity contribution in [2.24, 2.45) is 14.1 Å². The number of nitrogens with one attached hydrogen (secondary N) is 1. The molecule has 3 aromatic carbocycles. The summed E-state index contributed by atoms with van der Waals surface area (Å²) in [5.74, 6) is -0.513. The smallest absolute Gasteiger partial charge is 0.331 e. The molecular formula is C28H24N4O4. The maximum Gasteiger partial charge on any atom is 0.331 e. The molecule has 2 aromatic heterocycles. The molecule has 0 unspecified atom stereocenters. The van der Waals surface area contributed by atoms with Crippen molar-refractivity contribution in [3.63, 3.8) is 0 Å². The number of benzene rings is 3. The number of hydrogen-bond acceptors (Lipinski definition) is 5. The molecule has 0 spiro atoms. The number of para-hydroxylation sites is 3. The molecule has 0 amide bonds. The SMILES string of the molecule is Cc1ccccc1-c1c2c(=O)n(C)c(=O)n(C)c2c2n1-c1ccccc1N[C@H]2c1cccc(O)c1O. The van der Waals surface area contributed by atoms with Gasteiger partial charge in [0, 0.05) is 25.2 Å². The maximum atomic E-state index is 13.7. The average molecular weight is 481 g/mol. The number of aromatic nitrogens is 3. The van der Waals surface area contributed by atoms with Gasteiger partial charge in [-0.2, -0.15) is 0 Å². The lowest BCUT2D eigenvalue weighted by atomic mass is 9.98. The summed E-state index contributed by atoms with van der Waals surface area (Å²) in [7, 11) is 3.12. The van der Waals surface area contributed by atoms with E-state index in [4.69, 9.17) is 0 Å². The normalized spacial score (nSPS) is 14.4. The maximum absolute atomic E-state index is 13.7. The number of rotatable bonds is 2. The van der Waals surface area contributed by atoms with Gasteiger partial charge in [-0.1, -0.05) is 48.5 Å². The van der Waals surface area contributed by atoms with Gasteiger partial charge in [-0.15, -0.1) is 0 Å². The Labute approximate surface area is 205 Å². The fraction of sp³-hybridized carbons (Fsp3) is 0.143. The van der Waals surface area contributed by atoms with Crippen molar-refractivity contribution in [3.05, 3.63) is 104 Å². The molecule has 0 radical (unpaired) electrons. The fourth-order valence-corrected chi connectivity index (χ4v) is 5.33. The zero-order valence-corrected chi connectivity index (χ0v) is 20.0. The molecule has 1 aliphatic heterocycles. The van der Waals surface area contributed by atoms with Gasteiger partial charge in [-0.25, -0.2) is 4.79 Å². The second kappa shape index (κ2) is 7.64. The van der Waals surface area contributed by atoms with Crippen molar-refractivity contribution in [3.8, 4) is 28.4 Å². The molecule has 0 saturated carbocycles. The highest BCUT2D eigenvalue weighted by Crippen LogP contribution is 2.48. The molecular weight excluding hydrogens is 456 g/mol. The highest BCUT2D eigenvalue weighted by Gasteiger charge is 2.36. The molecule has 3 N–H and O–H groups in total. The second-order valence-corrected chi connectivity index (χ2v) is 9.12. The van der Waals surface area contributed by atoms with Crippen LogP contribution in [0.4, 0.5) is 5.69 Å². The Balaban J connectivity index is 1.90. The Morgan fingerprint density at radius 1 is 0.861 bits per heavy atom. The van der Waals surface area contributed by atoms with Crippen LogP contribution in [0.3, 0.4) is 0 Å². The first kappa shape index (κ1) is 21.8. The predicted octanol–water partition coefficient (Wildman–Crippen LogP) is 3.93. The van der Waals surface area contributed by atoms with Crippen LogP contribution in [0.5, 0.6) is 11.5 Å². The van der Waals surface area contributed by atoms with Crippen molar-refractivity contribution >= 4 is 16.6 Å². The first-order chi connectivity index (χ1) is 17.3. The van der Waals surface area contributed by atoms with E-state index in [1.54, 1.807) is 19.2 Å². The lowest BCUT2D eigenvalue weighted by molar-refractivity contribution is 0.398. The average Bonchev–Trinajstić information content (AvgIpc) is 3.24. The minimum Gasteiger partial charge on any atom is -0.504 e. The van der Waals surface area contributed by atoms with Gasteiger partial charge in [0.2, 0.25) is 0 Å². The number of nitrogens with zero attached hydrogens (tertiary/aromatic N) is 3. The molecule has 36 heavy (non-hydrogen) atoms. The number of aromatic hydroxyl groups is 2. The van der Waals surface area contributed by atoms with Gasteiger partial charge in [0.25, 0.3) is 5.56 Å².